The summed E-state index contributed by atoms with van der Waals surface area (Å²) in [6, 6.07) is 2.10. The maximum Gasteiger partial charge on any atom is 0.102 e. The van der Waals surface area contributed by atoms with Gasteiger partial charge in [-0.3, -0.25) is 4.40 Å². The minimum absolute atomic E-state index is 0.102. The second-order valence-electron chi connectivity index (χ2n) is 2.87. The molecule has 0 radical (unpaired) electrons. The van der Waals surface area contributed by atoms with Crippen LogP contribution in [0.4, 0.5) is 0 Å². The Bertz CT molecular complexity index is 394. The Hall–Kier alpha value is -1.03. The van der Waals surface area contributed by atoms with Crippen LogP contribution in [-0.4, -0.2) is 26.9 Å². The quantitative estimate of drug-likeness (QED) is 0.531. The average molecular weight is 181 g/mol. The first kappa shape index (κ1) is 7.61. The van der Waals surface area contributed by atoms with Gasteiger partial charge in [0.05, 0.1) is 16.7 Å². The Morgan fingerprint density at radius 3 is 2.92 bits per heavy atom. The highest BCUT2D eigenvalue weighted by atomic mass is 32.2. The number of hydrogen-bond acceptors (Lipinski definition) is 2. The number of aromatic nitrogens is 3. The average Bonchev–Trinajstić information content (AvgIpc) is 2.49. The van der Waals surface area contributed by atoms with Crippen molar-refractivity contribution in [1.82, 2.24) is 14.4 Å². The van der Waals surface area contributed by atoms with Crippen molar-refractivity contribution in [2.24, 2.45) is 0 Å². The van der Waals surface area contributed by atoms with Gasteiger partial charge in [-0.15, -0.1) is 0 Å². The topological polar surface area (TPSA) is 30.2 Å². The van der Waals surface area contributed by atoms with Crippen molar-refractivity contribution >= 4 is 16.4 Å². The zero-order valence-electron chi connectivity index (χ0n) is 7.10. The van der Waals surface area contributed by atoms with E-state index >= 15 is 0 Å². The molecule has 0 saturated heterocycles. The number of nitrogens with zero attached hydrogens (tertiary/aromatic N) is 3. The largest absolute Gasteiger partial charge is 0.290 e. The standard InChI is InChI=1S/C8H11N3S/c1-12(2)8-3-7-4-9-5-11(7)6-10-8/h3-6,12H,1-2H3. The minimum Gasteiger partial charge on any atom is -0.290 e. The Kier molecular flexibility index (Phi) is 1.77. The predicted octanol–water partition coefficient (Wildman–Crippen LogP) is 1.35. The molecule has 2 aromatic rings. The van der Waals surface area contributed by atoms with Crippen molar-refractivity contribution in [1.29, 1.82) is 0 Å². The van der Waals surface area contributed by atoms with Gasteiger partial charge in [0.25, 0.3) is 0 Å². The lowest BCUT2D eigenvalue weighted by Crippen LogP contribution is -1.89. The van der Waals surface area contributed by atoms with Crippen LogP contribution in [0.2, 0.25) is 0 Å². The lowest BCUT2D eigenvalue weighted by atomic mass is 10.5. The molecular weight excluding hydrogens is 170 g/mol. The first-order valence-electron chi connectivity index (χ1n) is 3.72. The molecule has 0 aromatic carbocycles. The SMILES string of the molecule is C[SH](C)c1cc2cncn2cn1. The van der Waals surface area contributed by atoms with Crippen LogP contribution in [0.3, 0.4) is 0 Å². The molecular formula is C8H11N3S. The molecule has 0 aliphatic heterocycles. The summed E-state index contributed by atoms with van der Waals surface area (Å²) < 4.78 is 1.92. The summed E-state index contributed by atoms with van der Waals surface area (Å²) in [7, 11) is -0.102. The molecule has 2 heterocycles. The van der Waals surface area contributed by atoms with E-state index in [-0.39, 0.29) is 10.9 Å². The summed E-state index contributed by atoms with van der Waals surface area (Å²) >= 11 is 0. The molecule has 12 heavy (non-hydrogen) atoms. The molecule has 0 aliphatic rings. The van der Waals surface area contributed by atoms with Crippen LogP contribution >= 0.6 is 10.9 Å². The Labute approximate surface area is 73.8 Å². The van der Waals surface area contributed by atoms with E-state index < -0.39 is 0 Å². The minimum atomic E-state index is -0.102. The van der Waals surface area contributed by atoms with Gasteiger partial charge in [0, 0.05) is 0 Å². The van der Waals surface area contributed by atoms with Crippen LogP contribution in [0.1, 0.15) is 0 Å². The number of imidazole rings is 1. The smallest absolute Gasteiger partial charge is 0.102 e. The number of hydrogen-bond donors (Lipinski definition) is 1. The van der Waals surface area contributed by atoms with Crippen molar-refractivity contribution in [3.8, 4) is 0 Å². The van der Waals surface area contributed by atoms with Gasteiger partial charge in [-0.2, -0.15) is 0 Å². The van der Waals surface area contributed by atoms with Crippen molar-refractivity contribution in [2.75, 3.05) is 12.5 Å². The zero-order valence-corrected chi connectivity index (χ0v) is 7.99. The molecule has 0 N–H and O–H groups in total. The van der Waals surface area contributed by atoms with Crippen LogP contribution in [0.15, 0.2) is 29.9 Å². The van der Waals surface area contributed by atoms with E-state index in [0.717, 1.165) is 5.52 Å². The van der Waals surface area contributed by atoms with Gasteiger partial charge < -0.3 is 0 Å². The van der Waals surface area contributed by atoms with E-state index in [9.17, 15) is 0 Å². The second kappa shape index (κ2) is 2.79. The molecule has 0 unspecified atom stereocenters. The monoisotopic (exact) mass is 181 g/mol. The van der Waals surface area contributed by atoms with Gasteiger partial charge in [0.1, 0.15) is 12.7 Å². The normalized spacial score (nSPS) is 12.0. The van der Waals surface area contributed by atoms with Gasteiger partial charge in [0.2, 0.25) is 0 Å². The molecule has 2 aromatic heterocycles. The van der Waals surface area contributed by atoms with Crippen LogP contribution in [0.5, 0.6) is 0 Å². The van der Waals surface area contributed by atoms with Crippen molar-refractivity contribution in [3.05, 3.63) is 24.9 Å². The summed E-state index contributed by atoms with van der Waals surface area (Å²) in [6.45, 7) is 0. The molecule has 3 nitrogen and oxygen atoms in total. The van der Waals surface area contributed by atoms with E-state index in [0.29, 0.717) is 0 Å². The highest BCUT2D eigenvalue weighted by Gasteiger charge is 1.98. The summed E-state index contributed by atoms with van der Waals surface area (Å²) in [4.78, 5) is 8.36. The first-order chi connectivity index (χ1) is 5.77. The van der Waals surface area contributed by atoms with Gasteiger partial charge >= 0.3 is 0 Å². The molecule has 2 rings (SSSR count). The highest BCUT2D eigenvalue weighted by molar-refractivity contribution is 8.15. The fourth-order valence-corrected chi connectivity index (χ4v) is 1.73. The van der Waals surface area contributed by atoms with E-state index in [1.54, 1.807) is 6.33 Å². The maximum absolute atomic E-state index is 4.33. The molecule has 0 bridgehead atoms. The van der Waals surface area contributed by atoms with Gasteiger partial charge in [-0.25, -0.2) is 20.9 Å². The third-order valence-corrected chi connectivity index (χ3v) is 2.91. The first-order valence-corrected chi connectivity index (χ1v) is 5.96. The van der Waals surface area contributed by atoms with Crippen LogP contribution < -0.4 is 0 Å². The van der Waals surface area contributed by atoms with E-state index in [2.05, 4.69) is 28.5 Å². The van der Waals surface area contributed by atoms with Crippen LogP contribution in [0.25, 0.3) is 5.52 Å². The summed E-state index contributed by atoms with van der Waals surface area (Å²) in [5.41, 5.74) is 1.12. The Morgan fingerprint density at radius 2 is 2.17 bits per heavy atom. The fraction of sp³-hybridized carbons (Fsp3) is 0.250. The zero-order chi connectivity index (χ0) is 8.55. The lowest BCUT2D eigenvalue weighted by molar-refractivity contribution is 1.00. The molecule has 64 valence electrons. The molecule has 0 aliphatic carbocycles. The summed E-state index contributed by atoms with van der Waals surface area (Å²) in [6.07, 6.45) is 9.83. The Morgan fingerprint density at radius 1 is 1.33 bits per heavy atom. The molecule has 4 heteroatoms. The van der Waals surface area contributed by atoms with Crippen LogP contribution in [-0.2, 0) is 0 Å². The number of rotatable bonds is 1. The van der Waals surface area contributed by atoms with Crippen molar-refractivity contribution in [2.45, 2.75) is 5.03 Å². The Balaban J connectivity index is 2.60. The predicted molar refractivity (Wildman–Crippen MR) is 52.1 cm³/mol. The van der Waals surface area contributed by atoms with Crippen molar-refractivity contribution < 1.29 is 0 Å². The van der Waals surface area contributed by atoms with E-state index in [1.807, 2.05) is 16.9 Å². The number of fused-ring (bicyclic) bond motifs is 1. The number of thiol groups is 1. The fourth-order valence-electron chi connectivity index (χ4n) is 1.06. The molecule has 0 amide bonds. The maximum atomic E-state index is 4.33. The summed E-state index contributed by atoms with van der Waals surface area (Å²) in [5.74, 6) is 0. The lowest BCUT2D eigenvalue weighted by Gasteiger charge is -2.07. The van der Waals surface area contributed by atoms with Gasteiger partial charge in [0.15, 0.2) is 0 Å². The molecule has 0 spiro atoms. The third kappa shape index (κ3) is 1.18. The van der Waals surface area contributed by atoms with Crippen molar-refractivity contribution in [3.63, 3.8) is 0 Å². The van der Waals surface area contributed by atoms with E-state index in [1.165, 1.54) is 5.03 Å². The second-order valence-corrected chi connectivity index (χ2v) is 5.11. The molecule has 0 saturated carbocycles. The third-order valence-electron chi connectivity index (χ3n) is 1.75. The van der Waals surface area contributed by atoms with Gasteiger partial charge in [-0.1, -0.05) is 0 Å². The van der Waals surface area contributed by atoms with Crippen LogP contribution in [0, 0.1) is 0 Å². The molecule has 0 atom stereocenters. The molecule has 0 fully saturated rings. The highest BCUT2D eigenvalue weighted by Crippen LogP contribution is 2.25. The van der Waals surface area contributed by atoms with E-state index in [4.69, 9.17) is 0 Å². The summed E-state index contributed by atoms with van der Waals surface area (Å²) in [5, 5.41) is 1.18. The van der Waals surface area contributed by atoms with Gasteiger partial charge in [-0.05, 0) is 18.6 Å².